The molecule has 2 amide bonds. The number of nitrogens with zero attached hydrogens (tertiary/aromatic N) is 2. The number of thiocarbonyl (C=S) groups is 1. The van der Waals surface area contributed by atoms with E-state index >= 15 is 0 Å². The highest BCUT2D eigenvalue weighted by Crippen LogP contribution is 2.41. The molecule has 2 aromatic carbocycles. The molecule has 0 spiro atoms. The third-order valence-electron chi connectivity index (χ3n) is 5.83. The SMILES string of the molecule is CC1=CC(C)(C)N(C)c2cc(Cl)c(/C=C3/C(=O)NC(=S)N(c4ccccc4F)C3=O)cc21. The van der Waals surface area contributed by atoms with Crippen molar-refractivity contribution in [1.29, 1.82) is 0 Å². The van der Waals surface area contributed by atoms with Crippen molar-refractivity contribution in [3.8, 4) is 0 Å². The minimum absolute atomic E-state index is 0.0347. The quantitative estimate of drug-likeness (QED) is 0.384. The summed E-state index contributed by atoms with van der Waals surface area (Å²) >= 11 is 11.7. The van der Waals surface area contributed by atoms with E-state index in [4.69, 9.17) is 23.8 Å². The molecule has 0 aliphatic carbocycles. The number of halogens is 2. The van der Waals surface area contributed by atoms with Crippen molar-refractivity contribution in [2.24, 2.45) is 0 Å². The molecule has 2 aliphatic rings. The molecule has 1 saturated heterocycles. The first-order valence-corrected chi connectivity index (χ1v) is 10.7. The highest BCUT2D eigenvalue weighted by atomic mass is 35.5. The number of benzene rings is 2. The molecule has 2 heterocycles. The van der Waals surface area contributed by atoms with E-state index in [9.17, 15) is 14.0 Å². The Morgan fingerprint density at radius 1 is 1.16 bits per heavy atom. The van der Waals surface area contributed by atoms with Crippen molar-refractivity contribution in [3.63, 3.8) is 0 Å². The molecule has 0 aromatic heterocycles. The number of fused-ring (bicyclic) bond motifs is 1. The van der Waals surface area contributed by atoms with Crippen molar-refractivity contribution in [1.82, 2.24) is 5.32 Å². The van der Waals surface area contributed by atoms with Gasteiger partial charge in [-0.2, -0.15) is 0 Å². The van der Waals surface area contributed by atoms with Crippen molar-refractivity contribution in [2.45, 2.75) is 26.3 Å². The van der Waals surface area contributed by atoms with Gasteiger partial charge in [0.25, 0.3) is 11.8 Å². The van der Waals surface area contributed by atoms with Crippen LogP contribution in [0.25, 0.3) is 11.6 Å². The van der Waals surface area contributed by atoms with E-state index in [1.807, 2.05) is 26.1 Å². The maximum absolute atomic E-state index is 14.3. The molecule has 2 aliphatic heterocycles. The van der Waals surface area contributed by atoms with Gasteiger partial charge in [-0.3, -0.25) is 14.9 Å². The summed E-state index contributed by atoms with van der Waals surface area (Å²) in [7, 11) is 1.99. The average Bonchev–Trinajstić information content (AvgIpc) is 2.71. The predicted molar refractivity (Wildman–Crippen MR) is 130 cm³/mol. The molecule has 4 rings (SSSR count). The third-order valence-corrected chi connectivity index (χ3v) is 6.44. The number of rotatable bonds is 2. The lowest BCUT2D eigenvalue weighted by Crippen LogP contribution is -2.54. The van der Waals surface area contributed by atoms with Gasteiger partial charge in [-0.1, -0.05) is 29.8 Å². The van der Waals surface area contributed by atoms with Crippen molar-refractivity contribution < 1.29 is 14.0 Å². The minimum Gasteiger partial charge on any atom is -0.365 e. The normalized spacial score (nSPS) is 19.1. The minimum atomic E-state index is -0.719. The van der Waals surface area contributed by atoms with E-state index in [0.717, 1.165) is 21.7 Å². The van der Waals surface area contributed by atoms with E-state index in [0.29, 0.717) is 10.6 Å². The van der Waals surface area contributed by atoms with E-state index in [2.05, 4.69) is 30.1 Å². The zero-order valence-corrected chi connectivity index (χ0v) is 19.6. The summed E-state index contributed by atoms with van der Waals surface area (Å²) in [4.78, 5) is 28.9. The van der Waals surface area contributed by atoms with Crippen LogP contribution in [0.2, 0.25) is 5.02 Å². The second kappa shape index (κ2) is 7.83. The highest BCUT2D eigenvalue weighted by Gasteiger charge is 2.36. The molecule has 32 heavy (non-hydrogen) atoms. The first kappa shape index (κ1) is 22.2. The van der Waals surface area contributed by atoms with Gasteiger partial charge in [-0.25, -0.2) is 9.29 Å². The zero-order valence-electron chi connectivity index (χ0n) is 18.0. The van der Waals surface area contributed by atoms with Gasteiger partial charge in [0.05, 0.1) is 11.2 Å². The number of allylic oxidation sites excluding steroid dienone is 1. The zero-order chi connectivity index (χ0) is 23.4. The smallest absolute Gasteiger partial charge is 0.270 e. The summed E-state index contributed by atoms with van der Waals surface area (Å²) in [6, 6.07) is 9.41. The molecular weight excluding hydrogens is 449 g/mol. The number of carbonyl (C=O) groups excluding carboxylic acids is 2. The van der Waals surface area contributed by atoms with E-state index in [-0.39, 0.29) is 21.9 Å². The number of nitrogens with one attached hydrogen (secondary N) is 1. The van der Waals surface area contributed by atoms with E-state index in [1.165, 1.54) is 24.3 Å². The summed E-state index contributed by atoms with van der Waals surface area (Å²) in [5.41, 5.74) is 3.07. The van der Waals surface area contributed by atoms with Gasteiger partial charge < -0.3 is 4.90 Å². The molecule has 2 aromatic rings. The number of anilines is 2. The van der Waals surface area contributed by atoms with Gasteiger partial charge in [0.2, 0.25) is 0 Å². The summed E-state index contributed by atoms with van der Waals surface area (Å²) in [5, 5.41) is 2.67. The van der Waals surface area contributed by atoms with E-state index in [1.54, 1.807) is 6.07 Å². The molecular formula is C24H21ClFN3O2S. The Balaban J connectivity index is 1.81. The fourth-order valence-electron chi connectivity index (χ4n) is 3.96. The van der Waals surface area contributed by atoms with Gasteiger partial charge >= 0.3 is 0 Å². The fraction of sp³-hybridized carbons (Fsp3) is 0.208. The third kappa shape index (κ3) is 3.61. The predicted octanol–water partition coefficient (Wildman–Crippen LogP) is 4.94. The molecule has 1 fully saturated rings. The standard InChI is InChI=1S/C24H21ClFN3O2S/c1-13-12-24(2,3)28(4)20-11-17(25)14(9-15(13)20)10-16-21(30)27-23(32)29(22(16)31)19-8-6-5-7-18(19)26/h5-12H,1-4H3,(H,27,30,32)/b16-10-. The van der Waals surface area contributed by atoms with Crippen molar-refractivity contribution in [2.75, 3.05) is 16.8 Å². The lowest BCUT2D eigenvalue weighted by molar-refractivity contribution is -0.122. The molecule has 8 heteroatoms. The van der Waals surface area contributed by atoms with Gasteiger partial charge in [-0.15, -0.1) is 0 Å². The van der Waals surface area contributed by atoms with Crippen molar-refractivity contribution >= 4 is 63.8 Å². The van der Waals surface area contributed by atoms with Gasteiger partial charge in [-0.05, 0) is 74.5 Å². The van der Waals surface area contributed by atoms with Gasteiger partial charge in [0, 0.05) is 23.3 Å². The average molecular weight is 470 g/mol. The Labute approximate surface area is 196 Å². The molecule has 0 saturated carbocycles. The number of likely N-dealkylation sites (N-methyl/N-ethyl adjacent to an activating group) is 1. The van der Waals surface area contributed by atoms with Crippen LogP contribution in [0.5, 0.6) is 0 Å². The lowest BCUT2D eigenvalue weighted by Gasteiger charge is -2.40. The number of hydrogen-bond donors (Lipinski definition) is 1. The Hall–Kier alpha value is -3.03. The molecule has 1 N–H and O–H groups in total. The first-order chi connectivity index (χ1) is 15.0. The van der Waals surface area contributed by atoms with Crippen LogP contribution in [-0.4, -0.2) is 29.5 Å². The molecule has 5 nitrogen and oxygen atoms in total. The summed E-state index contributed by atoms with van der Waals surface area (Å²) < 4.78 is 14.3. The number of hydrogen-bond acceptors (Lipinski definition) is 4. The van der Waals surface area contributed by atoms with Crippen LogP contribution < -0.4 is 15.1 Å². The summed E-state index contributed by atoms with van der Waals surface area (Å²) in [6.07, 6.45) is 3.57. The first-order valence-electron chi connectivity index (χ1n) is 9.94. The van der Waals surface area contributed by atoms with Crippen LogP contribution in [-0.2, 0) is 9.59 Å². The Kier molecular flexibility index (Phi) is 5.43. The monoisotopic (exact) mass is 469 g/mol. The van der Waals surface area contributed by atoms with E-state index < -0.39 is 17.6 Å². The van der Waals surface area contributed by atoms with Crippen LogP contribution in [0.1, 0.15) is 31.9 Å². The Bertz CT molecular complexity index is 1250. The fourth-order valence-corrected chi connectivity index (χ4v) is 4.45. The van der Waals surface area contributed by atoms with Gasteiger partial charge in [0.1, 0.15) is 11.4 Å². The van der Waals surface area contributed by atoms with Crippen LogP contribution in [0.3, 0.4) is 0 Å². The van der Waals surface area contributed by atoms with Crippen LogP contribution in [0, 0.1) is 5.82 Å². The number of amides is 2. The Morgan fingerprint density at radius 2 is 1.84 bits per heavy atom. The topological polar surface area (TPSA) is 52.7 Å². The summed E-state index contributed by atoms with van der Waals surface area (Å²) in [5.74, 6) is -2.01. The lowest BCUT2D eigenvalue weighted by atomic mass is 9.88. The molecule has 0 bridgehead atoms. The number of para-hydroxylation sites is 1. The molecule has 0 radical (unpaired) electrons. The van der Waals surface area contributed by atoms with Crippen LogP contribution in [0.4, 0.5) is 15.8 Å². The second-order valence-corrected chi connectivity index (χ2v) is 9.13. The maximum Gasteiger partial charge on any atom is 0.270 e. The molecule has 164 valence electrons. The molecule has 0 unspecified atom stereocenters. The van der Waals surface area contributed by atoms with Gasteiger partial charge in [0.15, 0.2) is 5.11 Å². The Morgan fingerprint density at radius 3 is 2.53 bits per heavy atom. The number of carbonyl (C=O) groups is 2. The van der Waals surface area contributed by atoms with Crippen LogP contribution in [0.15, 0.2) is 48.0 Å². The largest absolute Gasteiger partial charge is 0.365 e. The second-order valence-electron chi connectivity index (χ2n) is 8.34. The maximum atomic E-state index is 14.3. The summed E-state index contributed by atoms with van der Waals surface area (Å²) in [6.45, 7) is 6.22. The van der Waals surface area contributed by atoms with Crippen molar-refractivity contribution in [3.05, 3.63) is 70.0 Å². The highest BCUT2D eigenvalue weighted by molar-refractivity contribution is 7.80. The van der Waals surface area contributed by atoms with Crippen LogP contribution >= 0.6 is 23.8 Å². The molecule has 0 atom stereocenters.